The fourth-order valence-electron chi connectivity index (χ4n) is 4.06. The lowest BCUT2D eigenvalue weighted by molar-refractivity contribution is -0.138. The first-order valence-electron chi connectivity index (χ1n) is 14.4. The van der Waals surface area contributed by atoms with Crippen molar-refractivity contribution < 1.29 is 63.9 Å². The fourth-order valence-corrected chi connectivity index (χ4v) is 4.06. The molecule has 0 aromatic rings. The average Bonchev–Trinajstić information content (AvgIpc) is 2.99. The molecular formula is C28H46N4O13. The van der Waals surface area contributed by atoms with Gasteiger partial charge in [0.15, 0.2) is 17.3 Å². The lowest BCUT2D eigenvalue weighted by Gasteiger charge is -2.25. The van der Waals surface area contributed by atoms with Crippen molar-refractivity contribution in [1.82, 2.24) is 21.3 Å². The predicted octanol–water partition coefficient (Wildman–Crippen LogP) is -4.35. The number of rotatable bonds is 23. The van der Waals surface area contributed by atoms with Crippen molar-refractivity contribution in [2.75, 3.05) is 33.5 Å². The van der Waals surface area contributed by atoms with Gasteiger partial charge in [-0.3, -0.25) is 33.6 Å². The Morgan fingerprint density at radius 1 is 0.600 bits per heavy atom. The molecule has 0 aromatic carbocycles. The third-order valence-corrected chi connectivity index (χ3v) is 7.00. The van der Waals surface area contributed by atoms with Crippen LogP contribution in [0.5, 0.6) is 0 Å². The molecule has 0 radical (unpaired) electrons. The van der Waals surface area contributed by atoms with Gasteiger partial charge in [0.05, 0.1) is 56.3 Å². The minimum absolute atomic E-state index is 0.195. The zero-order valence-electron chi connectivity index (χ0n) is 25.9. The molecular weight excluding hydrogens is 600 g/mol. The zero-order chi connectivity index (χ0) is 34.9. The molecule has 0 aromatic heterocycles. The molecule has 45 heavy (non-hydrogen) atoms. The number of aliphatic hydroxyl groups excluding tert-OH is 5. The third kappa shape index (κ3) is 14.8. The van der Waals surface area contributed by atoms with Crippen LogP contribution < -0.4 is 21.3 Å². The van der Waals surface area contributed by atoms with Gasteiger partial charge in [-0.2, -0.15) is 0 Å². The van der Waals surface area contributed by atoms with E-state index < -0.39 is 122 Å². The first-order chi connectivity index (χ1) is 21.1. The Morgan fingerprint density at radius 2 is 1.09 bits per heavy atom. The molecule has 256 valence electrons. The van der Waals surface area contributed by atoms with E-state index in [1.54, 1.807) is 0 Å². The monoisotopic (exact) mass is 646 g/mol. The number of amides is 4. The number of hydrogen-bond acceptors (Lipinski definition) is 13. The minimum Gasteiger partial charge on any atom is -0.396 e. The second kappa shape index (κ2) is 21.2. The van der Waals surface area contributed by atoms with Gasteiger partial charge in [-0.15, -0.1) is 0 Å². The average molecular weight is 647 g/mol. The first kappa shape index (κ1) is 41.4. The summed E-state index contributed by atoms with van der Waals surface area (Å²) >= 11 is 0. The maximum atomic E-state index is 12.9. The predicted molar refractivity (Wildman–Crippen MR) is 155 cm³/mol. The van der Waals surface area contributed by atoms with Crippen LogP contribution in [0.1, 0.15) is 52.9 Å². The number of aliphatic hydroxyl groups is 5. The van der Waals surface area contributed by atoms with E-state index in [0.717, 1.165) is 0 Å². The molecule has 0 aliphatic heterocycles. The van der Waals surface area contributed by atoms with Gasteiger partial charge >= 0.3 is 0 Å². The van der Waals surface area contributed by atoms with Crippen molar-refractivity contribution >= 4 is 46.8 Å². The van der Waals surface area contributed by atoms with Crippen LogP contribution in [0.3, 0.4) is 0 Å². The molecule has 0 aliphatic carbocycles. The number of nitrogens with one attached hydrogen (secondary N) is 4. The highest BCUT2D eigenvalue weighted by Crippen LogP contribution is 2.14. The van der Waals surface area contributed by atoms with E-state index in [1.165, 1.54) is 27.8 Å². The van der Waals surface area contributed by atoms with Gasteiger partial charge in [0.1, 0.15) is 17.9 Å². The third-order valence-electron chi connectivity index (χ3n) is 7.00. The van der Waals surface area contributed by atoms with E-state index in [2.05, 4.69) is 21.3 Å². The molecule has 7 unspecified atom stereocenters. The molecule has 0 heterocycles. The first-order valence-corrected chi connectivity index (χ1v) is 14.4. The molecule has 0 spiro atoms. The summed E-state index contributed by atoms with van der Waals surface area (Å²) in [5.74, 6) is -9.82. The normalized spacial score (nSPS) is 15.7. The minimum atomic E-state index is -1.62. The largest absolute Gasteiger partial charge is 0.396 e. The van der Waals surface area contributed by atoms with Gasteiger partial charge in [0.25, 0.3) is 0 Å². The second-order valence-electron chi connectivity index (χ2n) is 10.7. The van der Waals surface area contributed by atoms with Crippen LogP contribution in [0, 0.1) is 17.8 Å². The van der Waals surface area contributed by atoms with E-state index >= 15 is 0 Å². The van der Waals surface area contributed by atoms with Gasteiger partial charge in [-0.25, -0.2) is 0 Å². The van der Waals surface area contributed by atoms with Crippen LogP contribution in [0.15, 0.2) is 0 Å². The molecule has 17 heteroatoms. The van der Waals surface area contributed by atoms with Gasteiger partial charge in [-0.1, -0.05) is 0 Å². The van der Waals surface area contributed by atoms with Gasteiger partial charge in [0.2, 0.25) is 23.6 Å². The summed E-state index contributed by atoms with van der Waals surface area (Å²) in [5, 5.41) is 57.5. The maximum absolute atomic E-state index is 12.9. The van der Waals surface area contributed by atoms with E-state index in [-0.39, 0.29) is 25.0 Å². The lowest BCUT2D eigenvalue weighted by atomic mass is 9.92. The molecule has 17 nitrogen and oxygen atoms in total. The van der Waals surface area contributed by atoms with Crippen molar-refractivity contribution in [2.45, 2.75) is 77.1 Å². The number of carbonyl (C=O) groups is 8. The van der Waals surface area contributed by atoms with Crippen LogP contribution >= 0.6 is 0 Å². The lowest BCUT2D eigenvalue weighted by Crippen LogP contribution is -2.51. The van der Waals surface area contributed by atoms with E-state index in [4.69, 9.17) is 0 Å². The zero-order valence-corrected chi connectivity index (χ0v) is 25.9. The van der Waals surface area contributed by atoms with E-state index in [1.807, 2.05) is 0 Å². The molecule has 0 saturated carbocycles. The summed E-state index contributed by atoms with van der Waals surface area (Å²) in [4.78, 5) is 98.4. The second-order valence-corrected chi connectivity index (χ2v) is 10.7. The summed E-state index contributed by atoms with van der Waals surface area (Å²) < 4.78 is 0. The smallest absolute Gasteiger partial charge is 0.226 e. The highest BCUT2D eigenvalue weighted by atomic mass is 16.3. The summed E-state index contributed by atoms with van der Waals surface area (Å²) in [6.07, 6.45) is -3.50. The fraction of sp³-hybridized carbons (Fsp3) is 0.714. The molecule has 0 bridgehead atoms. The Labute approximate surface area is 260 Å². The van der Waals surface area contributed by atoms with Crippen molar-refractivity contribution in [1.29, 1.82) is 0 Å². The molecule has 0 saturated heterocycles. The molecule has 7 atom stereocenters. The van der Waals surface area contributed by atoms with Crippen molar-refractivity contribution in [2.24, 2.45) is 17.8 Å². The summed E-state index contributed by atoms with van der Waals surface area (Å²) in [5.41, 5.74) is 0. The van der Waals surface area contributed by atoms with Crippen molar-refractivity contribution in [3.05, 3.63) is 0 Å². The Hall–Kier alpha value is -3.64. The highest BCUT2D eigenvalue weighted by molar-refractivity contribution is 5.97. The number of Topliss-reactive ketones (excluding diaryl/α,β-unsaturated/α-hetero) is 4. The Morgan fingerprint density at radius 3 is 1.56 bits per heavy atom. The van der Waals surface area contributed by atoms with Crippen LogP contribution in [-0.2, 0) is 38.4 Å². The quantitative estimate of drug-likeness (QED) is 0.0508. The Bertz CT molecular complexity index is 1070. The van der Waals surface area contributed by atoms with Crippen LogP contribution in [0.4, 0.5) is 0 Å². The standard InChI is InChI=1S/C28H46N4O13/c1-14(37)7-17(10-33)26(43)30-15(2)23(40)9-19(16(3)38)28(45)32-21(13-36)24(41)8-18(11-34)27(44)31-20(12-35)22(39)5-6-25(42)29-4/h15-21,33-36,38H,5-13H2,1-4H3,(H,29,42)(H,30,43)(H,31,44)(H,32,45). The Balaban J connectivity index is 5.38. The van der Waals surface area contributed by atoms with Crippen LogP contribution in [0.2, 0.25) is 0 Å². The van der Waals surface area contributed by atoms with Gasteiger partial charge in [-0.05, 0) is 20.8 Å². The maximum Gasteiger partial charge on any atom is 0.226 e. The van der Waals surface area contributed by atoms with Crippen molar-refractivity contribution in [3.8, 4) is 0 Å². The molecule has 0 aliphatic rings. The topological polar surface area (TPSA) is 286 Å². The number of ketones is 4. The molecule has 0 rings (SSSR count). The summed E-state index contributed by atoms with van der Waals surface area (Å²) in [6, 6.07) is -4.21. The van der Waals surface area contributed by atoms with E-state index in [0.29, 0.717) is 0 Å². The van der Waals surface area contributed by atoms with Gasteiger partial charge < -0.3 is 51.6 Å². The Kier molecular flexibility index (Phi) is 19.4. The summed E-state index contributed by atoms with van der Waals surface area (Å²) in [7, 11) is 1.37. The van der Waals surface area contributed by atoms with Crippen LogP contribution in [0.25, 0.3) is 0 Å². The molecule has 0 fully saturated rings. The highest BCUT2D eigenvalue weighted by Gasteiger charge is 2.34. The van der Waals surface area contributed by atoms with Crippen LogP contribution in [-0.4, -0.2) is 130 Å². The molecule has 9 N–H and O–H groups in total. The van der Waals surface area contributed by atoms with E-state index in [9.17, 15) is 63.9 Å². The SMILES string of the molecule is CNC(=O)CCC(=O)C(CO)NC(=O)C(CO)CC(=O)C(CO)NC(=O)C(CC(=O)C(C)NC(=O)C(CO)CC(C)=O)C(C)O. The van der Waals surface area contributed by atoms with Crippen molar-refractivity contribution in [3.63, 3.8) is 0 Å². The number of carbonyl (C=O) groups excluding carboxylic acids is 8. The molecule has 4 amide bonds. The summed E-state index contributed by atoms with van der Waals surface area (Å²) in [6.45, 7) is 0.441. The van der Waals surface area contributed by atoms with Gasteiger partial charge in [0, 0.05) is 39.2 Å². The number of hydrogen-bond donors (Lipinski definition) is 9.